The SMILES string of the molecule is C=C(OCC)C1(CO)CC1. The molecular weight excluding hydrogens is 128 g/mol. The van der Waals surface area contributed by atoms with Gasteiger partial charge in [-0.25, -0.2) is 0 Å². The van der Waals surface area contributed by atoms with Crippen molar-refractivity contribution >= 4 is 0 Å². The van der Waals surface area contributed by atoms with E-state index in [1.165, 1.54) is 0 Å². The monoisotopic (exact) mass is 142 g/mol. The Hall–Kier alpha value is -0.500. The highest BCUT2D eigenvalue weighted by molar-refractivity contribution is 5.13. The molecule has 1 N–H and O–H groups in total. The summed E-state index contributed by atoms with van der Waals surface area (Å²) in [5.41, 5.74) is -0.0595. The zero-order valence-electron chi connectivity index (χ0n) is 6.39. The van der Waals surface area contributed by atoms with E-state index in [4.69, 9.17) is 9.84 Å². The van der Waals surface area contributed by atoms with Gasteiger partial charge in [-0.2, -0.15) is 0 Å². The quantitative estimate of drug-likeness (QED) is 0.600. The standard InChI is InChI=1S/C8H14O2/c1-3-10-7(2)8(6-9)4-5-8/h9H,2-6H2,1H3. The van der Waals surface area contributed by atoms with Gasteiger partial charge in [0, 0.05) is 0 Å². The Balaban J connectivity index is 2.40. The molecule has 0 unspecified atom stereocenters. The summed E-state index contributed by atoms with van der Waals surface area (Å²) >= 11 is 0. The lowest BCUT2D eigenvalue weighted by atomic mass is 10.1. The van der Waals surface area contributed by atoms with Crippen molar-refractivity contribution in [3.8, 4) is 0 Å². The van der Waals surface area contributed by atoms with Crippen LogP contribution in [0.25, 0.3) is 0 Å². The fourth-order valence-corrected chi connectivity index (χ4v) is 1.00. The van der Waals surface area contributed by atoms with Crippen molar-refractivity contribution in [3.63, 3.8) is 0 Å². The van der Waals surface area contributed by atoms with E-state index in [1.54, 1.807) is 0 Å². The van der Waals surface area contributed by atoms with Gasteiger partial charge < -0.3 is 9.84 Å². The molecule has 0 radical (unpaired) electrons. The number of aliphatic hydroxyl groups excluding tert-OH is 1. The molecule has 1 fully saturated rings. The molecule has 58 valence electrons. The zero-order chi connectivity index (χ0) is 7.61. The Labute approximate surface area is 61.5 Å². The van der Waals surface area contributed by atoms with Crippen LogP contribution in [0.5, 0.6) is 0 Å². The third kappa shape index (κ3) is 1.16. The third-order valence-corrected chi connectivity index (χ3v) is 2.07. The summed E-state index contributed by atoms with van der Waals surface area (Å²) in [5.74, 6) is 0.762. The van der Waals surface area contributed by atoms with Crippen molar-refractivity contribution in [1.82, 2.24) is 0 Å². The van der Waals surface area contributed by atoms with Gasteiger partial charge in [0.15, 0.2) is 0 Å². The largest absolute Gasteiger partial charge is 0.498 e. The summed E-state index contributed by atoms with van der Waals surface area (Å²) < 4.78 is 5.21. The van der Waals surface area contributed by atoms with Gasteiger partial charge in [0.1, 0.15) is 0 Å². The fourth-order valence-electron chi connectivity index (χ4n) is 1.00. The first-order chi connectivity index (χ1) is 4.75. The number of ether oxygens (including phenoxy) is 1. The average molecular weight is 142 g/mol. The molecule has 1 aliphatic rings. The first kappa shape index (κ1) is 7.61. The van der Waals surface area contributed by atoms with Gasteiger partial charge in [-0.05, 0) is 19.8 Å². The number of aliphatic hydroxyl groups is 1. The first-order valence-corrected chi connectivity index (χ1v) is 3.68. The van der Waals surface area contributed by atoms with E-state index >= 15 is 0 Å². The molecule has 0 spiro atoms. The van der Waals surface area contributed by atoms with Gasteiger partial charge in [0.2, 0.25) is 0 Å². The lowest BCUT2D eigenvalue weighted by molar-refractivity contribution is 0.138. The molecule has 1 aliphatic carbocycles. The van der Waals surface area contributed by atoms with Gasteiger partial charge >= 0.3 is 0 Å². The van der Waals surface area contributed by atoms with Crippen LogP contribution in [0.2, 0.25) is 0 Å². The molecule has 0 heterocycles. The van der Waals surface area contributed by atoms with Crippen LogP contribution < -0.4 is 0 Å². The minimum absolute atomic E-state index is 0.0595. The van der Waals surface area contributed by atoms with E-state index in [0.717, 1.165) is 18.6 Å². The smallest absolute Gasteiger partial charge is 0.0972 e. The summed E-state index contributed by atoms with van der Waals surface area (Å²) in [5, 5.41) is 8.91. The Kier molecular flexibility index (Phi) is 2.00. The summed E-state index contributed by atoms with van der Waals surface area (Å²) in [7, 11) is 0. The number of rotatable bonds is 4. The molecule has 0 aromatic heterocycles. The molecule has 0 amide bonds. The van der Waals surface area contributed by atoms with Crippen LogP contribution in [-0.2, 0) is 4.74 Å². The van der Waals surface area contributed by atoms with Gasteiger partial charge in [-0.3, -0.25) is 0 Å². The van der Waals surface area contributed by atoms with Crippen molar-refractivity contribution < 1.29 is 9.84 Å². The van der Waals surface area contributed by atoms with E-state index in [9.17, 15) is 0 Å². The Morgan fingerprint density at radius 3 is 2.60 bits per heavy atom. The molecule has 0 bridgehead atoms. The minimum atomic E-state index is -0.0595. The van der Waals surface area contributed by atoms with E-state index in [1.807, 2.05) is 6.92 Å². The Bertz CT molecular complexity index is 136. The highest BCUT2D eigenvalue weighted by atomic mass is 16.5. The predicted octanol–water partition coefficient (Wildman–Crippen LogP) is 1.31. The zero-order valence-corrected chi connectivity index (χ0v) is 6.39. The fraction of sp³-hybridized carbons (Fsp3) is 0.750. The predicted molar refractivity (Wildman–Crippen MR) is 39.5 cm³/mol. The molecule has 0 aromatic carbocycles. The van der Waals surface area contributed by atoms with Crippen LogP contribution in [0.15, 0.2) is 12.3 Å². The van der Waals surface area contributed by atoms with Gasteiger partial charge in [0.05, 0.1) is 24.4 Å². The second kappa shape index (κ2) is 2.62. The second-order valence-corrected chi connectivity index (χ2v) is 2.79. The molecule has 2 heteroatoms. The molecule has 2 nitrogen and oxygen atoms in total. The van der Waals surface area contributed by atoms with Crippen LogP contribution in [0.4, 0.5) is 0 Å². The van der Waals surface area contributed by atoms with Crippen LogP contribution in [0.1, 0.15) is 19.8 Å². The van der Waals surface area contributed by atoms with E-state index in [0.29, 0.717) is 6.61 Å². The highest BCUT2D eigenvalue weighted by Gasteiger charge is 2.46. The summed E-state index contributed by atoms with van der Waals surface area (Å²) in [4.78, 5) is 0. The molecule has 0 atom stereocenters. The highest BCUT2D eigenvalue weighted by Crippen LogP contribution is 2.50. The van der Waals surface area contributed by atoms with Gasteiger partial charge in [0.25, 0.3) is 0 Å². The maximum Gasteiger partial charge on any atom is 0.0972 e. The van der Waals surface area contributed by atoms with Gasteiger partial charge in [-0.1, -0.05) is 6.58 Å². The Morgan fingerprint density at radius 1 is 1.70 bits per heavy atom. The average Bonchev–Trinajstić information content (AvgIpc) is 2.68. The minimum Gasteiger partial charge on any atom is -0.498 e. The second-order valence-electron chi connectivity index (χ2n) is 2.79. The summed E-state index contributed by atoms with van der Waals surface area (Å²) in [6.45, 7) is 6.54. The number of hydrogen-bond donors (Lipinski definition) is 1. The molecule has 1 rings (SSSR count). The molecule has 0 aromatic rings. The van der Waals surface area contributed by atoms with E-state index < -0.39 is 0 Å². The lowest BCUT2D eigenvalue weighted by Crippen LogP contribution is -2.11. The van der Waals surface area contributed by atoms with Crippen molar-refractivity contribution in [1.29, 1.82) is 0 Å². The van der Waals surface area contributed by atoms with Crippen LogP contribution in [0, 0.1) is 5.41 Å². The molecule has 0 saturated heterocycles. The Morgan fingerprint density at radius 2 is 2.30 bits per heavy atom. The maximum atomic E-state index is 8.91. The van der Waals surface area contributed by atoms with E-state index in [2.05, 4.69) is 6.58 Å². The van der Waals surface area contributed by atoms with Crippen molar-refractivity contribution in [2.45, 2.75) is 19.8 Å². The van der Waals surface area contributed by atoms with E-state index in [-0.39, 0.29) is 12.0 Å². The first-order valence-electron chi connectivity index (χ1n) is 3.68. The molecule has 10 heavy (non-hydrogen) atoms. The normalized spacial score (nSPS) is 20.2. The molecule has 0 aliphatic heterocycles. The van der Waals surface area contributed by atoms with Crippen LogP contribution >= 0.6 is 0 Å². The summed E-state index contributed by atoms with van der Waals surface area (Å²) in [6.07, 6.45) is 2.06. The lowest BCUT2D eigenvalue weighted by Gasteiger charge is -2.14. The summed E-state index contributed by atoms with van der Waals surface area (Å²) in [6, 6.07) is 0. The number of hydrogen-bond acceptors (Lipinski definition) is 2. The van der Waals surface area contributed by atoms with Crippen molar-refractivity contribution in [2.75, 3.05) is 13.2 Å². The van der Waals surface area contributed by atoms with Crippen molar-refractivity contribution in [3.05, 3.63) is 12.3 Å². The molecule has 1 saturated carbocycles. The van der Waals surface area contributed by atoms with Crippen LogP contribution in [0.3, 0.4) is 0 Å². The maximum absolute atomic E-state index is 8.91. The topological polar surface area (TPSA) is 29.5 Å². The van der Waals surface area contributed by atoms with Gasteiger partial charge in [-0.15, -0.1) is 0 Å². The van der Waals surface area contributed by atoms with Crippen molar-refractivity contribution in [2.24, 2.45) is 5.41 Å². The molecular formula is C8H14O2. The van der Waals surface area contributed by atoms with Crippen LogP contribution in [-0.4, -0.2) is 18.3 Å². The third-order valence-electron chi connectivity index (χ3n) is 2.07.